The van der Waals surface area contributed by atoms with Gasteiger partial charge in [0.05, 0.1) is 6.61 Å². The first-order valence-electron chi connectivity index (χ1n) is 6.74. The molecule has 0 spiro atoms. The zero-order valence-corrected chi connectivity index (χ0v) is 10.7. The summed E-state index contributed by atoms with van der Waals surface area (Å²) in [6.07, 6.45) is 6.05. The van der Waals surface area contributed by atoms with Gasteiger partial charge in [-0.3, -0.25) is 4.79 Å². The third-order valence-electron chi connectivity index (χ3n) is 3.67. The minimum absolute atomic E-state index is 0.113. The molecule has 2 N–H and O–H groups in total. The minimum Gasteiger partial charge on any atom is -0.466 e. The van der Waals surface area contributed by atoms with Gasteiger partial charge in [-0.25, -0.2) is 0 Å². The van der Waals surface area contributed by atoms with Crippen molar-refractivity contribution >= 4 is 11.7 Å². The molecule has 2 rings (SSSR count). The fourth-order valence-corrected chi connectivity index (χ4v) is 2.19. The second-order valence-corrected chi connectivity index (χ2v) is 5.00. The number of ether oxygens (including phenoxy) is 1. The highest BCUT2D eigenvalue weighted by molar-refractivity contribution is 5.70. The van der Waals surface area contributed by atoms with Crippen LogP contribution in [0.25, 0.3) is 0 Å². The van der Waals surface area contributed by atoms with Gasteiger partial charge >= 0.3 is 5.97 Å². The van der Waals surface area contributed by atoms with E-state index in [-0.39, 0.29) is 5.97 Å². The average molecular weight is 247 g/mol. The summed E-state index contributed by atoms with van der Waals surface area (Å²) in [5, 5.41) is 0. The third-order valence-corrected chi connectivity index (χ3v) is 3.67. The predicted octanol–water partition coefficient (Wildman–Crippen LogP) is 2.93. The topological polar surface area (TPSA) is 52.3 Å². The highest BCUT2D eigenvalue weighted by Gasteiger charge is 2.17. The number of rotatable bonds is 6. The van der Waals surface area contributed by atoms with E-state index in [0.29, 0.717) is 19.4 Å². The van der Waals surface area contributed by atoms with E-state index in [1.165, 1.54) is 19.3 Å². The van der Waals surface area contributed by atoms with E-state index in [1.54, 1.807) is 0 Å². The second-order valence-electron chi connectivity index (χ2n) is 5.00. The summed E-state index contributed by atoms with van der Waals surface area (Å²) in [5.41, 5.74) is 7.59. The van der Waals surface area contributed by atoms with E-state index in [1.807, 2.05) is 24.3 Å². The molecule has 3 heteroatoms. The summed E-state index contributed by atoms with van der Waals surface area (Å²) >= 11 is 0. The number of hydrogen-bond acceptors (Lipinski definition) is 3. The molecule has 3 nitrogen and oxygen atoms in total. The van der Waals surface area contributed by atoms with Crippen LogP contribution in [0.3, 0.4) is 0 Å². The van der Waals surface area contributed by atoms with Gasteiger partial charge in [0.25, 0.3) is 0 Å². The lowest BCUT2D eigenvalue weighted by Gasteiger charge is -2.24. The van der Waals surface area contributed by atoms with Gasteiger partial charge in [-0.05, 0) is 30.4 Å². The van der Waals surface area contributed by atoms with Crippen molar-refractivity contribution < 1.29 is 9.53 Å². The Morgan fingerprint density at radius 3 is 2.78 bits per heavy atom. The molecule has 1 fully saturated rings. The monoisotopic (exact) mass is 247 g/mol. The Kier molecular flexibility index (Phi) is 4.62. The summed E-state index contributed by atoms with van der Waals surface area (Å²) in [5.74, 6) is 0.681. The molecule has 0 saturated heterocycles. The van der Waals surface area contributed by atoms with E-state index in [0.717, 1.165) is 23.6 Å². The molecule has 0 amide bonds. The maximum absolute atomic E-state index is 11.6. The second kappa shape index (κ2) is 6.43. The highest BCUT2D eigenvalue weighted by Crippen LogP contribution is 2.29. The number of benzene rings is 1. The lowest BCUT2D eigenvalue weighted by atomic mass is 9.83. The smallest absolute Gasteiger partial charge is 0.306 e. The molecule has 0 atom stereocenters. The summed E-state index contributed by atoms with van der Waals surface area (Å²) < 4.78 is 5.23. The fraction of sp³-hybridized carbons (Fsp3) is 0.533. The van der Waals surface area contributed by atoms with Crippen molar-refractivity contribution in [2.45, 2.75) is 38.5 Å². The largest absolute Gasteiger partial charge is 0.466 e. The Bertz CT molecular complexity index is 399. The first-order valence-corrected chi connectivity index (χ1v) is 6.74. The first-order chi connectivity index (χ1) is 8.75. The van der Waals surface area contributed by atoms with Crippen LogP contribution >= 0.6 is 0 Å². The average Bonchev–Trinajstić information content (AvgIpc) is 2.31. The molecule has 0 heterocycles. The van der Waals surface area contributed by atoms with E-state index < -0.39 is 0 Å². The maximum atomic E-state index is 11.6. The molecule has 0 bridgehead atoms. The molecule has 98 valence electrons. The number of anilines is 1. The van der Waals surface area contributed by atoms with Gasteiger partial charge in [0.15, 0.2) is 0 Å². The Morgan fingerprint density at radius 2 is 2.11 bits per heavy atom. The van der Waals surface area contributed by atoms with Gasteiger partial charge in [0, 0.05) is 12.1 Å². The SMILES string of the molecule is Nc1ccccc1CCC(=O)OCCC1CCC1. The summed E-state index contributed by atoms with van der Waals surface area (Å²) in [4.78, 5) is 11.6. The zero-order chi connectivity index (χ0) is 12.8. The quantitative estimate of drug-likeness (QED) is 0.621. The van der Waals surface area contributed by atoms with Gasteiger partial charge in [-0.1, -0.05) is 37.5 Å². The number of carbonyl (C=O) groups is 1. The van der Waals surface area contributed by atoms with Gasteiger partial charge in [0.2, 0.25) is 0 Å². The Balaban J connectivity index is 1.63. The number of nitrogen functional groups attached to an aromatic ring is 1. The molecule has 1 aliphatic rings. The van der Waals surface area contributed by atoms with Crippen molar-refractivity contribution in [3.63, 3.8) is 0 Å². The van der Waals surface area contributed by atoms with Crippen molar-refractivity contribution in [1.29, 1.82) is 0 Å². The number of hydrogen-bond donors (Lipinski definition) is 1. The van der Waals surface area contributed by atoms with E-state index in [9.17, 15) is 4.79 Å². The summed E-state index contributed by atoms with van der Waals surface area (Å²) in [6, 6.07) is 7.65. The van der Waals surface area contributed by atoms with Crippen molar-refractivity contribution in [3.05, 3.63) is 29.8 Å². The molecule has 1 aromatic rings. The lowest BCUT2D eigenvalue weighted by Crippen LogP contribution is -2.15. The normalized spacial score (nSPS) is 15.1. The standard InChI is InChI=1S/C15H21NO2/c16-14-7-2-1-6-13(14)8-9-15(17)18-11-10-12-4-3-5-12/h1-2,6-7,12H,3-5,8-11,16H2. The van der Waals surface area contributed by atoms with Crippen LogP contribution in [0.15, 0.2) is 24.3 Å². The van der Waals surface area contributed by atoms with Crippen LogP contribution in [-0.2, 0) is 16.0 Å². The van der Waals surface area contributed by atoms with Gasteiger partial charge < -0.3 is 10.5 Å². The molecule has 1 aromatic carbocycles. The molecular weight excluding hydrogens is 226 g/mol. The molecule has 0 aliphatic heterocycles. The maximum Gasteiger partial charge on any atom is 0.306 e. The van der Waals surface area contributed by atoms with Gasteiger partial charge in [-0.15, -0.1) is 0 Å². The number of aryl methyl sites for hydroxylation is 1. The van der Waals surface area contributed by atoms with Gasteiger partial charge in [-0.2, -0.15) is 0 Å². The first kappa shape index (κ1) is 12.9. The van der Waals surface area contributed by atoms with Crippen molar-refractivity contribution in [3.8, 4) is 0 Å². The molecule has 18 heavy (non-hydrogen) atoms. The summed E-state index contributed by atoms with van der Waals surface area (Å²) in [6.45, 7) is 0.577. The van der Waals surface area contributed by atoms with Crippen molar-refractivity contribution in [1.82, 2.24) is 0 Å². The van der Waals surface area contributed by atoms with Crippen LogP contribution in [0.1, 0.15) is 37.7 Å². The van der Waals surface area contributed by atoms with Crippen molar-refractivity contribution in [2.75, 3.05) is 12.3 Å². The van der Waals surface area contributed by atoms with Crippen LogP contribution < -0.4 is 5.73 Å². The molecule has 1 aliphatic carbocycles. The third kappa shape index (κ3) is 3.76. The molecule has 1 saturated carbocycles. The van der Waals surface area contributed by atoms with Crippen LogP contribution in [0.4, 0.5) is 5.69 Å². The molecular formula is C15H21NO2. The number of esters is 1. The van der Waals surface area contributed by atoms with Crippen molar-refractivity contribution in [2.24, 2.45) is 5.92 Å². The van der Waals surface area contributed by atoms with E-state index >= 15 is 0 Å². The van der Waals surface area contributed by atoms with Crippen LogP contribution in [0.2, 0.25) is 0 Å². The number of carbonyl (C=O) groups excluding carboxylic acids is 1. The Hall–Kier alpha value is -1.51. The minimum atomic E-state index is -0.113. The molecule has 0 radical (unpaired) electrons. The lowest BCUT2D eigenvalue weighted by molar-refractivity contribution is -0.144. The summed E-state index contributed by atoms with van der Waals surface area (Å²) in [7, 11) is 0. The number of nitrogens with two attached hydrogens (primary N) is 1. The van der Waals surface area contributed by atoms with E-state index in [2.05, 4.69) is 0 Å². The van der Waals surface area contributed by atoms with Crippen LogP contribution in [0.5, 0.6) is 0 Å². The number of para-hydroxylation sites is 1. The van der Waals surface area contributed by atoms with Crippen LogP contribution in [-0.4, -0.2) is 12.6 Å². The Morgan fingerprint density at radius 1 is 1.33 bits per heavy atom. The van der Waals surface area contributed by atoms with E-state index in [4.69, 9.17) is 10.5 Å². The fourth-order valence-electron chi connectivity index (χ4n) is 2.19. The Labute approximate surface area is 108 Å². The van der Waals surface area contributed by atoms with Gasteiger partial charge in [0.1, 0.15) is 0 Å². The molecule has 0 aromatic heterocycles. The predicted molar refractivity (Wildman–Crippen MR) is 72.1 cm³/mol. The zero-order valence-electron chi connectivity index (χ0n) is 10.7. The highest BCUT2D eigenvalue weighted by atomic mass is 16.5. The molecule has 0 unspecified atom stereocenters. The van der Waals surface area contributed by atoms with Crippen LogP contribution in [0, 0.1) is 5.92 Å².